The van der Waals surface area contributed by atoms with Crippen molar-refractivity contribution < 1.29 is 14.4 Å². The standard InChI is InChI=1S/C26H23N3O3/c30-24-16-20(17-29(24)22-7-2-1-3-8-22)25(31)27-21-12-10-19(11-13-21)26(32)28-15-14-18-6-4-5-9-23(18)28/h1-13,20H,14-17H2,(H,27,31). The van der Waals surface area contributed by atoms with Crippen LogP contribution in [-0.4, -0.2) is 30.8 Å². The van der Waals surface area contributed by atoms with E-state index in [4.69, 9.17) is 0 Å². The van der Waals surface area contributed by atoms with Crippen LogP contribution in [0.4, 0.5) is 17.1 Å². The van der Waals surface area contributed by atoms with E-state index in [2.05, 4.69) is 5.32 Å². The molecule has 2 heterocycles. The lowest BCUT2D eigenvalue weighted by Gasteiger charge is -2.18. The van der Waals surface area contributed by atoms with Crippen molar-refractivity contribution in [3.8, 4) is 0 Å². The second-order valence-electron chi connectivity index (χ2n) is 8.14. The highest BCUT2D eigenvalue weighted by atomic mass is 16.2. The number of hydrogen-bond acceptors (Lipinski definition) is 3. The minimum absolute atomic E-state index is 0.0484. The van der Waals surface area contributed by atoms with Gasteiger partial charge in [0.1, 0.15) is 0 Å². The molecule has 3 amide bonds. The molecule has 2 aliphatic heterocycles. The van der Waals surface area contributed by atoms with Gasteiger partial charge in [0, 0.05) is 42.1 Å². The minimum Gasteiger partial charge on any atom is -0.326 e. The fourth-order valence-electron chi connectivity index (χ4n) is 4.39. The predicted octanol–water partition coefficient (Wildman–Crippen LogP) is 3.88. The van der Waals surface area contributed by atoms with E-state index in [0.29, 0.717) is 24.3 Å². The van der Waals surface area contributed by atoms with Crippen LogP contribution in [0.1, 0.15) is 22.3 Å². The summed E-state index contributed by atoms with van der Waals surface area (Å²) >= 11 is 0. The second-order valence-corrected chi connectivity index (χ2v) is 8.14. The average Bonchev–Trinajstić information content (AvgIpc) is 3.43. The predicted molar refractivity (Wildman–Crippen MR) is 124 cm³/mol. The van der Waals surface area contributed by atoms with Crippen LogP contribution >= 0.6 is 0 Å². The molecular formula is C26H23N3O3. The summed E-state index contributed by atoms with van der Waals surface area (Å²) in [5.74, 6) is -0.703. The van der Waals surface area contributed by atoms with E-state index in [0.717, 1.165) is 17.8 Å². The summed E-state index contributed by atoms with van der Waals surface area (Å²) < 4.78 is 0. The summed E-state index contributed by atoms with van der Waals surface area (Å²) in [5, 5.41) is 2.89. The van der Waals surface area contributed by atoms with Gasteiger partial charge >= 0.3 is 0 Å². The molecule has 6 nitrogen and oxygen atoms in total. The Bertz CT molecular complexity index is 1170. The largest absolute Gasteiger partial charge is 0.326 e. The van der Waals surface area contributed by atoms with E-state index >= 15 is 0 Å². The molecule has 6 heteroatoms. The Morgan fingerprint density at radius 1 is 0.875 bits per heavy atom. The molecule has 32 heavy (non-hydrogen) atoms. The van der Waals surface area contributed by atoms with Gasteiger partial charge in [0.2, 0.25) is 11.8 Å². The first-order valence-electron chi connectivity index (χ1n) is 10.8. The average molecular weight is 425 g/mol. The quantitative estimate of drug-likeness (QED) is 0.690. The molecule has 3 aromatic rings. The zero-order valence-electron chi connectivity index (χ0n) is 17.5. The Morgan fingerprint density at radius 3 is 2.38 bits per heavy atom. The van der Waals surface area contributed by atoms with Gasteiger partial charge in [-0.25, -0.2) is 0 Å². The van der Waals surface area contributed by atoms with Crippen molar-refractivity contribution in [2.24, 2.45) is 5.92 Å². The van der Waals surface area contributed by atoms with Gasteiger partial charge in [-0.2, -0.15) is 0 Å². The van der Waals surface area contributed by atoms with E-state index in [1.807, 2.05) is 54.6 Å². The number of benzene rings is 3. The van der Waals surface area contributed by atoms with Crippen LogP contribution in [0.3, 0.4) is 0 Å². The van der Waals surface area contributed by atoms with Crippen LogP contribution in [0.25, 0.3) is 0 Å². The molecule has 1 saturated heterocycles. The van der Waals surface area contributed by atoms with Gasteiger partial charge in [0.05, 0.1) is 5.92 Å². The summed E-state index contributed by atoms with van der Waals surface area (Å²) in [6, 6.07) is 24.3. The highest BCUT2D eigenvalue weighted by Gasteiger charge is 2.35. The van der Waals surface area contributed by atoms with Crippen molar-refractivity contribution in [1.82, 2.24) is 0 Å². The molecule has 3 aromatic carbocycles. The molecule has 1 N–H and O–H groups in total. The number of hydrogen-bond donors (Lipinski definition) is 1. The number of anilines is 3. The molecule has 0 bridgehead atoms. The lowest BCUT2D eigenvalue weighted by atomic mass is 10.1. The molecule has 5 rings (SSSR count). The number of fused-ring (bicyclic) bond motifs is 1. The molecule has 0 saturated carbocycles. The SMILES string of the molecule is O=C(Nc1ccc(C(=O)N2CCc3ccccc32)cc1)C1CC(=O)N(c2ccccc2)C1. The minimum atomic E-state index is -0.412. The molecule has 0 spiro atoms. The van der Waals surface area contributed by atoms with Crippen LogP contribution in [-0.2, 0) is 16.0 Å². The fourth-order valence-corrected chi connectivity index (χ4v) is 4.39. The Kier molecular flexibility index (Phi) is 5.19. The summed E-state index contributed by atoms with van der Waals surface area (Å²) in [7, 11) is 0. The van der Waals surface area contributed by atoms with Gasteiger partial charge < -0.3 is 15.1 Å². The first-order chi connectivity index (χ1) is 15.6. The smallest absolute Gasteiger partial charge is 0.258 e. The van der Waals surface area contributed by atoms with E-state index in [9.17, 15) is 14.4 Å². The first kappa shape index (κ1) is 20.0. The van der Waals surface area contributed by atoms with Crippen molar-refractivity contribution in [1.29, 1.82) is 0 Å². The van der Waals surface area contributed by atoms with E-state index in [1.165, 1.54) is 5.56 Å². The van der Waals surface area contributed by atoms with Crippen molar-refractivity contribution in [2.75, 3.05) is 28.2 Å². The molecule has 160 valence electrons. The van der Waals surface area contributed by atoms with Crippen LogP contribution in [0.15, 0.2) is 78.9 Å². The van der Waals surface area contributed by atoms with Gasteiger partial charge in [-0.05, 0) is 54.4 Å². The van der Waals surface area contributed by atoms with E-state index in [-0.39, 0.29) is 24.1 Å². The number of nitrogens with zero attached hydrogens (tertiary/aromatic N) is 2. The molecule has 1 atom stereocenters. The highest BCUT2D eigenvalue weighted by Crippen LogP contribution is 2.29. The van der Waals surface area contributed by atoms with Gasteiger partial charge in [-0.3, -0.25) is 14.4 Å². The zero-order chi connectivity index (χ0) is 22.1. The number of carbonyl (C=O) groups excluding carboxylic acids is 3. The van der Waals surface area contributed by atoms with Gasteiger partial charge in [-0.15, -0.1) is 0 Å². The molecule has 0 radical (unpaired) electrons. The maximum Gasteiger partial charge on any atom is 0.258 e. The third-order valence-corrected chi connectivity index (χ3v) is 6.10. The monoisotopic (exact) mass is 425 g/mol. The Labute approximate surface area is 186 Å². The Morgan fingerprint density at radius 2 is 1.59 bits per heavy atom. The first-order valence-corrected chi connectivity index (χ1v) is 10.8. The molecule has 1 unspecified atom stereocenters. The van der Waals surface area contributed by atoms with Crippen LogP contribution in [0.2, 0.25) is 0 Å². The number of carbonyl (C=O) groups is 3. The highest BCUT2D eigenvalue weighted by molar-refractivity contribution is 6.08. The lowest BCUT2D eigenvalue weighted by molar-refractivity contribution is -0.122. The zero-order valence-corrected chi connectivity index (χ0v) is 17.5. The Hall–Kier alpha value is -3.93. The van der Waals surface area contributed by atoms with Crippen LogP contribution in [0, 0.1) is 5.92 Å². The van der Waals surface area contributed by atoms with Gasteiger partial charge in [0.15, 0.2) is 0 Å². The van der Waals surface area contributed by atoms with Crippen molar-refractivity contribution >= 4 is 34.8 Å². The van der Waals surface area contributed by atoms with Crippen molar-refractivity contribution in [2.45, 2.75) is 12.8 Å². The lowest BCUT2D eigenvalue weighted by Crippen LogP contribution is -2.29. The maximum absolute atomic E-state index is 13.0. The van der Waals surface area contributed by atoms with Crippen LogP contribution in [0.5, 0.6) is 0 Å². The van der Waals surface area contributed by atoms with Crippen molar-refractivity contribution in [3.05, 3.63) is 90.0 Å². The second kappa shape index (κ2) is 8.30. The number of amides is 3. The van der Waals surface area contributed by atoms with Crippen molar-refractivity contribution in [3.63, 3.8) is 0 Å². The Balaban J connectivity index is 1.23. The normalized spacial score (nSPS) is 17.4. The van der Waals surface area contributed by atoms with E-state index < -0.39 is 5.92 Å². The summed E-state index contributed by atoms with van der Waals surface area (Å²) in [4.78, 5) is 41.5. The molecule has 0 aromatic heterocycles. The molecular weight excluding hydrogens is 402 g/mol. The summed E-state index contributed by atoms with van der Waals surface area (Å²) in [6.07, 6.45) is 1.04. The number of rotatable bonds is 4. The summed E-state index contributed by atoms with van der Waals surface area (Å²) in [5.41, 5.74) is 4.13. The number of nitrogens with one attached hydrogen (secondary N) is 1. The number of para-hydroxylation sites is 2. The fraction of sp³-hybridized carbons (Fsp3) is 0.192. The van der Waals surface area contributed by atoms with Gasteiger partial charge in [-0.1, -0.05) is 36.4 Å². The molecule has 1 fully saturated rings. The third-order valence-electron chi connectivity index (χ3n) is 6.10. The molecule has 2 aliphatic rings. The summed E-state index contributed by atoms with van der Waals surface area (Å²) in [6.45, 7) is 1.03. The maximum atomic E-state index is 13.0. The third kappa shape index (κ3) is 3.75. The molecule has 0 aliphatic carbocycles. The van der Waals surface area contributed by atoms with E-state index in [1.54, 1.807) is 34.1 Å². The van der Waals surface area contributed by atoms with Crippen LogP contribution < -0.4 is 15.1 Å². The van der Waals surface area contributed by atoms with Gasteiger partial charge in [0.25, 0.3) is 5.91 Å². The topological polar surface area (TPSA) is 69.7 Å².